The minimum absolute atomic E-state index is 0.0102. The zero-order valence-electron chi connectivity index (χ0n) is 14.6. The fourth-order valence-corrected chi connectivity index (χ4v) is 3.64. The molecule has 25 heavy (non-hydrogen) atoms. The van der Waals surface area contributed by atoms with Crippen LogP contribution in [0.5, 0.6) is 0 Å². The van der Waals surface area contributed by atoms with Crippen LogP contribution in [0.15, 0.2) is 48.8 Å². The van der Waals surface area contributed by atoms with Crippen LogP contribution in [0.4, 0.5) is 0 Å². The van der Waals surface area contributed by atoms with Crippen molar-refractivity contribution in [1.82, 2.24) is 14.8 Å². The van der Waals surface area contributed by atoms with Gasteiger partial charge in [0.25, 0.3) is 5.91 Å². The van der Waals surface area contributed by atoms with Gasteiger partial charge in [0.15, 0.2) is 0 Å². The van der Waals surface area contributed by atoms with E-state index in [1.807, 2.05) is 19.3 Å². The van der Waals surface area contributed by atoms with Crippen LogP contribution < -0.4 is 0 Å². The van der Waals surface area contributed by atoms with Gasteiger partial charge in [-0.05, 0) is 61.8 Å². The first kappa shape index (κ1) is 17.1. The van der Waals surface area contributed by atoms with Gasteiger partial charge in [-0.25, -0.2) is 0 Å². The minimum Gasteiger partial charge on any atom is -0.341 e. The third kappa shape index (κ3) is 3.70. The fourth-order valence-electron chi connectivity index (χ4n) is 3.64. The quantitative estimate of drug-likeness (QED) is 0.862. The molecule has 1 aliphatic heterocycles. The van der Waals surface area contributed by atoms with E-state index in [-0.39, 0.29) is 11.9 Å². The highest BCUT2D eigenvalue weighted by molar-refractivity contribution is 5.94. The molecule has 0 N–H and O–H groups in total. The molecule has 1 amide bonds. The molecule has 5 heteroatoms. The van der Waals surface area contributed by atoms with Crippen molar-refractivity contribution in [3.8, 4) is 6.07 Å². The van der Waals surface area contributed by atoms with E-state index in [4.69, 9.17) is 5.26 Å². The van der Waals surface area contributed by atoms with Crippen LogP contribution in [0, 0.1) is 17.2 Å². The topological polar surface area (TPSA) is 60.2 Å². The SMILES string of the molecule is CN(C[C@@H]1CCN(C)[C@H]1c1cccnc1)C(=O)c1ccc(C#N)cc1. The Morgan fingerprint density at radius 2 is 2.12 bits per heavy atom. The molecule has 128 valence electrons. The van der Waals surface area contributed by atoms with Gasteiger partial charge in [0.2, 0.25) is 0 Å². The summed E-state index contributed by atoms with van der Waals surface area (Å²) in [5, 5.41) is 8.87. The van der Waals surface area contributed by atoms with Crippen molar-refractivity contribution in [2.75, 3.05) is 27.2 Å². The molecular weight excluding hydrogens is 312 g/mol. The minimum atomic E-state index is -0.0102. The number of rotatable bonds is 4. The second-order valence-corrected chi connectivity index (χ2v) is 6.64. The average Bonchev–Trinajstić information content (AvgIpc) is 3.02. The molecule has 5 nitrogen and oxygen atoms in total. The number of likely N-dealkylation sites (tertiary alicyclic amines) is 1. The Balaban J connectivity index is 1.71. The number of nitrogens with zero attached hydrogens (tertiary/aromatic N) is 4. The van der Waals surface area contributed by atoms with E-state index >= 15 is 0 Å². The molecule has 1 fully saturated rings. The van der Waals surface area contributed by atoms with E-state index in [2.05, 4.69) is 29.1 Å². The maximum absolute atomic E-state index is 12.7. The molecular formula is C20H22N4O. The first-order valence-corrected chi connectivity index (χ1v) is 8.46. The maximum Gasteiger partial charge on any atom is 0.253 e. The van der Waals surface area contributed by atoms with Crippen molar-refractivity contribution in [2.45, 2.75) is 12.5 Å². The lowest BCUT2D eigenvalue weighted by atomic mass is 9.94. The van der Waals surface area contributed by atoms with Crippen LogP contribution in [-0.4, -0.2) is 47.9 Å². The molecule has 0 radical (unpaired) electrons. The van der Waals surface area contributed by atoms with E-state index < -0.39 is 0 Å². The lowest BCUT2D eigenvalue weighted by Crippen LogP contribution is -2.34. The molecule has 1 aliphatic rings. The predicted molar refractivity (Wildman–Crippen MR) is 95.8 cm³/mol. The molecule has 0 unspecified atom stereocenters. The van der Waals surface area contributed by atoms with E-state index in [0.29, 0.717) is 23.6 Å². The molecule has 0 bridgehead atoms. The molecule has 0 aliphatic carbocycles. The molecule has 2 heterocycles. The summed E-state index contributed by atoms with van der Waals surface area (Å²) < 4.78 is 0. The Kier molecular flexibility index (Phi) is 5.11. The summed E-state index contributed by atoms with van der Waals surface area (Å²) in [5.74, 6) is 0.366. The van der Waals surface area contributed by atoms with Gasteiger partial charge in [0.05, 0.1) is 11.6 Å². The fraction of sp³-hybridized carbons (Fsp3) is 0.350. The number of pyridine rings is 1. The van der Waals surface area contributed by atoms with Gasteiger partial charge < -0.3 is 4.90 Å². The van der Waals surface area contributed by atoms with Crippen molar-refractivity contribution in [3.63, 3.8) is 0 Å². The largest absolute Gasteiger partial charge is 0.341 e. The molecule has 1 aromatic heterocycles. The standard InChI is InChI=1S/C20H22N4O/c1-23-11-9-18(19(23)17-4-3-10-22-13-17)14-24(2)20(25)16-7-5-15(12-21)6-8-16/h3-8,10,13,18-19H,9,11,14H2,1-2H3/t18-,19-/m0/s1. The van der Waals surface area contributed by atoms with Crippen molar-refractivity contribution < 1.29 is 4.79 Å². The van der Waals surface area contributed by atoms with E-state index in [1.165, 1.54) is 5.56 Å². The number of hydrogen-bond donors (Lipinski definition) is 0. The van der Waals surface area contributed by atoms with Gasteiger partial charge in [0, 0.05) is 37.6 Å². The summed E-state index contributed by atoms with van der Waals surface area (Å²) in [7, 11) is 3.97. The van der Waals surface area contributed by atoms with Gasteiger partial charge in [0.1, 0.15) is 0 Å². The first-order chi connectivity index (χ1) is 12.1. The number of aromatic nitrogens is 1. The van der Waals surface area contributed by atoms with Gasteiger partial charge in [-0.2, -0.15) is 5.26 Å². The number of carbonyl (C=O) groups is 1. The first-order valence-electron chi connectivity index (χ1n) is 8.46. The molecule has 1 aromatic carbocycles. The number of amides is 1. The highest BCUT2D eigenvalue weighted by atomic mass is 16.2. The Morgan fingerprint density at radius 1 is 1.36 bits per heavy atom. The summed E-state index contributed by atoms with van der Waals surface area (Å²) in [6.07, 6.45) is 4.76. The number of nitriles is 1. The predicted octanol–water partition coefficient (Wildman–Crippen LogP) is 2.72. The van der Waals surface area contributed by atoms with Crippen LogP contribution in [0.25, 0.3) is 0 Å². The summed E-state index contributed by atoms with van der Waals surface area (Å²) in [6, 6.07) is 13.2. The van der Waals surface area contributed by atoms with Gasteiger partial charge >= 0.3 is 0 Å². The van der Waals surface area contributed by atoms with Crippen molar-refractivity contribution in [2.24, 2.45) is 5.92 Å². The van der Waals surface area contributed by atoms with Gasteiger partial charge in [-0.1, -0.05) is 6.07 Å². The second kappa shape index (κ2) is 7.45. The van der Waals surface area contributed by atoms with Crippen molar-refractivity contribution in [1.29, 1.82) is 5.26 Å². The van der Waals surface area contributed by atoms with E-state index in [9.17, 15) is 4.79 Å². The molecule has 2 aromatic rings. The average molecular weight is 334 g/mol. The van der Waals surface area contributed by atoms with Crippen LogP contribution in [-0.2, 0) is 0 Å². The second-order valence-electron chi connectivity index (χ2n) is 6.64. The maximum atomic E-state index is 12.7. The highest BCUT2D eigenvalue weighted by Gasteiger charge is 2.34. The van der Waals surface area contributed by atoms with Crippen molar-refractivity contribution >= 4 is 5.91 Å². The third-order valence-electron chi connectivity index (χ3n) is 4.92. The summed E-state index contributed by atoms with van der Waals surface area (Å²) in [6.45, 7) is 1.71. The number of carbonyl (C=O) groups excluding carboxylic acids is 1. The Bertz CT molecular complexity index is 767. The summed E-state index contributed by atoms with van der Waals surface area (Å²) in [5.41, 5.74) is 2.38. The van der Waals surface area contributed by atoms with E-state index in [0.717, 1.165) is 13.0 Å². The van der Waals surface area contributed by atoms with Gasteiger partial charge in [-0.15, -0.1) is 0 Å². The third-order valence-corrected chi connectivity index (χ3v) is 4.92. The smallest absolute Gasteiger partial charge is 0.253 e. The molecule has 0 saturated carbocycles. The number of benzene rings is 1. The molecule has 1 saturated heterocycles. The summed E-state index contributed by atoms with van der Waals surface area (Å²) in [4.78, 5) is 21.0. The highest BCUT2D eigenvalue weighted by Crippen LogP contribution is 2.36. The van der Waals surface area contributed by atoms with Crippen molar-refractivity contribution in [3.05, 3.63) is 65.5 Å². The lowest BCUT2D eigenvalue weighted by Gasteiger charge is -2.28. The Hall–Kier alpha value is -2.71. The Labute approximate surface area is 148 Å². The lowest BCUT2D eigenvalue weighted by molar-refractivity contribution is 0.0761. The molecule has 3 rings (SSSR count). The summed E-state index contributed by atoms with van der Waals surface area (Å²) >= 11 is 0. The zero-order valence-corrected chi connectivity index (χ0v) is 14.6. The molecule has 0 spiro atoms. The van der Waals surface area contributed by atoms with E-state index in [1.54, 1.807) is 35.4 Å². The van der Waals surface area contributed by atoms with Crippen LogP contribution in [0.3, 0.4) is 0 Å². The van der Waals surface area contributed by atoms with Crippen LogP contribution in [0.1, 0.15) is 33.9 Å². The van der Waals surface area contributed by atoms with Crippen LogP contribution in [0.2, 0.25) is 0 Å². The monoisotopic (exact) mass is 334 g/mol. The number of hydrogen-bond acceptors (Lipinski definition) is 4. The Morgan fingerprint density at radius 3 is 2.76 bits per heavy atom. The van der Waals surface area contributed by atoms with Crippen LogP contribution >= 0.6 is 0 Å². The zero-order chi connectivity index (χ0) is 17.8. The normalized spacial score (nSPS) is 20.2. The molecule has 2 atom stereocenters. The van der Waals surface area contributed by atoms with Gasteiger partial charge in [-0.3, -0.25) is 14.7 Å².